The van der Waals surface area contributed by atoms with Crippen molar-refractivity contribution in [2.75, 3.05) is 26.2 Å². The van der Waals surface area contributed by atoms with Crippen LogP contribution in [0.5, 0.6) is 0 Å². The fraction of sp³-hybridized carbons (Fsp3) is 0.733. The van der Waals surface area contributed by atoms with Gasteiger partial charge in [0.05, 0.1) is 6.04 Å². The normalized spacial score (nSPS) is 18.8. The van der Waals surface area contributed by atoms with Gasteiger partial charge in [-0.05, 0) is 18.1 Å². The molecule has 2 heterocycles. The number of piperazine rings is 1. The van der Waals surface area contributed by atoms with Gasteiger partial charge in [0.15, 0.2) is 0 Å². The lowest BCUT2D eigenvalue weighted by molar-refractivity contribution is 0.109. The zero-order valence-electron chi connectivity index (χ0n) is 12.7. The number of nitrogens with one attached hydrogen (secondary N) is 1. The van der Waals surface area contributed by atoms with Crippen LogP contribution >= 0.6 is 24.8 Å². The minimum atomic E-state index is 0. The second-order valence-corrected chi connectivity index (χ2v) is 5.27. The molecule has 0 amide bonds. The van der Waals surface area contributed by atoms with E-state index in [4.69, 9.17) is 4.42 Å². The van der Waals surface area contributed by atoms with Gasteiger partial charge in [-0.2, -0.15) is 0 Å². The molecule has 0 bridgehead atoms. The molecule has 1 aliphatic rings. The Morgan fingerprint density at radius 2 is 1.85 bits per heavy atom. The monoisotopic (exact) mass is 322 g/mol. The highest BCUT2D eigenvalue weighted by Gasteiger charge is 2.28. The highest BCUT2D eigenvalue weighted by molar-refractivity contribution is 5.85. The van der Waals surface area contributed by atoms with Crippen LogP contribution in [0.15, 0.2) is 16.5 Å². The Kier molecular flexibility index (Phi) is 9.56. The minimum absolute atomic E-state index is 0. The summed E-state index contributed by atoms with van der Waals surface area (Å²) in [5.41, 5.74) is 0. The molecule has 2 rings (SSSR count). The van der Waals surface area contributed by atoms with Gasteiger partial charge >= 0.3 is 0 Å². The molecule has 1 saturated heterocycles. The third kappa shape index (κ3) is 4.66. The highest BCUT2D eigenvalue weighted by atomic mass is 35.5. The molecule has 1 fully saturated rings. The van der Waals surface area contributed by atoms with Gasteiger partial charge in [0.2, 0.25) is 0 Å². The molecule has 3 nitrogen and oxygen atoms in total. The number of halogens is 2. The standard InChI is InChI=1S/C15H26N2O.2ClH/c1-4-12(3)15(17-10-8-16-9-11-17)14-7-6-13(5-2)18-14;;/h6-7,12,15-16H,4-5,8-11H2,1-3H3;2*1H/t12?,15-;;/m0../s1. The molecule has 0 aromatic carbocycles. The van der Waals surface area contributed by atoms with E-state index in [1.165, 1.54) is 6.42 Å². The first-order chi connectivity index (χ1) is 8.76. The molecule has 1 unspecified atom stereocenters. The highest BCUT2D eigenvalue weighted by Crippen LogP contribution is 2.32. The Balaban J connectivity index is 0.00000180. The SMILES string of the molecule is CCc1ccc([C@H](C(C)CC)N2CCNCC2)o1.Cl.Cl. The van der Waals surface area contributed by atoms with Crippen molar-refractivity contribution in [1.29, 1.82) is 0 Å². The van der Waals surface area contributed by atoms with Crippen LogP contribution in [0.2, 0.25) is 0 Å². The van der Waals surface area contributed by atoms with Crippen LogP contribution in [-0.2, 0) is 6.42 Å². The summed E-state index contributed by atoms with van der Waals surface area (Å²) in [4.78, 5) is 2.57. The van der Waals surface area contributed by atoms with Crippen molar-refractivity contribution < 1.29 is 4.42 Å². The first-order valence-electron chi connectivity index (χ1n) is 7.29. The van der Waals surface area contributed by atoms with Crippen molar-refractivity contribution in [1.82, 2.24) is 10.2 Å². The fourth-order valence-electron chi connectivity index (χ4n) is 2.75. The summed E-state index contributed by atoms with van der Waals surface area (Å²) in [5.74, 6) is 2.90. The molecular formula is C15H28Cl2N2O. The summed E-state index contributed by atoms with van der Waals surface area (Å²) in [7, 11) is 0. The Bertz CT molecular complexity index is 365. The second kappa shape index (κ2) is 9.67. The Morgan fingerprint density at radius 1 is 1.20 bits per heavy atom. The Hall–Kier alpha value is -0.220. The first kappa shape index (κ1) is 19.8. The average Bonchev–Trinajstić information content (AvgIpc) is 2.88. The van der Waals surface area contributed by atoms with Gasteiger partial charge in [-0.1, -0.05) is 27.2 Å². The Morgan fingerprint density at radius 3 is 2.35 bits per heavy atom. The van der Waals surface area contributed by atoms with Crippen molar-refractivity contribution in [2.24, 2.45) is 5.92 Å². The molecule has 118 valence electrons. The first-order valence-corrected chi connectivity index (χ1v) is 7.29. The van der Waals surface area contributed by atoms with E-state index in [1.807, 2.05) is 0 Å². The number of furan rings is 1. The molecule has 0 radical (unpaired) electrons. The van der Waals surface area contributed by atoms with Crippen LogP contribution < -0.4 is 5.32 Å². The van der Waals surface area contributed by atoms with Crippen LogP contribution in [-0.4, -0.2) is 31.1 Å². The number of nitrogens with zero attached hydrogens (tertiary/aromatic N) is 1. The van der Waals surface area contributed by atoms with Gasteiger partial charge in [-0.15, -0.1) is 24.8 Å². The number of rotatable bonds is 5. The largest absolute Gasteiger partial charge is 0.464 e. The van der Waals surface area contributed by atoms with E-state index in [9.17, 15) is 0 Å². The maximum absolute atomic E-state index is 6.01. The molecule has 5 heteroatoms. The van der Waals surface area contributed by atoms with Crippen molar-refractivity contribution in [3.8, 4) is 0 Å². The molecule has 1 aromatic rings. The van der Waals surface area contributed by atoms with E-state index in [1.54, 1.807) is 0 Å². The summed E-state index contributed by atoms with van der Waals surface area (Å²) < 4.78 is 6.01. The third-order valence-corrected chi connectivity index (χ3v) is 4.05. The van der Waals surface area contributed by atoms with Crippen LogP contribution in [0.4, 0.5) is 0 Å². The van der Waals surface area contributed by atoms with E-state index >= 15 is 0 Å². The topological polar surface area (TPSA) is 28.4 Å². The third-order valence-electron chi connectivity index (χ3n) is 4.05. The molecule has 2 atom stereocenters. The molecule has 1 aliphatic heterocycles. The van der Waals surface area contributed by atoms with Crippen LogP contribution in [0.25, 0.3) is 0 Å². The predicted molar refractivity (Wildman–Crippen MR) is 89.2 cm³/mol. The summed E-state index contributed by atoms with van der Waals surface area (Å²) >= 11 is 0. The maximum atomic E-state index is 6.01. The zero-order valence-corrected chi connectivity index (χ0v) is 14.4. The number of hydrogen-bond acceptors (Lipinski definition) is 3. The lowest BCUT2D eigenvalue weighted by atomic mass is 9.95. The lowest BCUT2D eigenvalue weighted by Gasteiger charge is -2.36. The van der Waals surface area contributed by atoms with Gasteiger partial charge in [0.1, 0.15) is 11.5 Å². The van der Waals surface area contributed by atoms with Gasteiger partial charge < -0.3 is 9.73 Å². The van der Waals surface area contributed by atoms with E-state index < -0.39 is 0 Å². The smallest absolute Gasteiger partial charge is 0.121 e. The molecule has 0 aliphatic carbocycles. The van der Waals surface area contributed by atoms with Crippen molar-refractivity contribution >= 4 is 24.8 Å². The molecule has 0 spiro atoms. The Labute approximate surface area is 135 Å². The van der Waals surface area contributed by atoms with Crippen molar-refractivity contribution in [2.45, 2.75) is 39.7 Å². The second-order valence-electron chi connectivity index (χ2n) is 5.27. The van der Waals surface area contributed by atoms with Gasteiger partial charge in [-0.3, -0.25) is 4.90 Å². The van der Waals surface area contributed by atoms with Crippen LogP contribution in [0.3, 0.4) is 0 Å². The zero-order chi connectivity index (χ0) is 13.0. The molecule has 20 heavy (non-hydrogen) atoms. The molecule has 0 saturated carbocycles. The van der Waals surface area contributed by atoms with E-state index in [2.05, 4.69) is 43.1 Å². The van der Waals surface area contributed by atoms with Crippen molar-refractivity contribution in [3.05, 3.63) is 23.7 Å². The molecular weight excluding hydrogens is 295 g/mol. The van der Waals surface area contributed by atoms with Gasteiger partial charge in [0, 0.05) is 32.6 Å². The number of hydrogen-bond donors (Lipinski definition) is 1. The van der Waals surface area contributed by atoms with E-state index in [-0.39, 0.29) is 24.8 Å². The average molecular weight is 323 g/mol. The van der Waals surface area contributed by atoms with Crippen LogP contribution in [0.1, 0.15) is 44.8 Å². The predicted octanol–water partition coefficient (Wildman–Crippen LogP) is 3.68. The van der Waals surface area contributed by atoms with Crippen molar-refractivity contribution in [3.63, 3.8) is 0 Å². The lowest BCUT2D eigenvalue weighted by Crippen LogP contribution is -2.46. The molecule has 1 aromatic heterocycles. The summed E-state index contributed by atoms with van der Waals surface area (Å²) in [6.45, 7) is 11.2. The number of aryl methyl sites for hydroxylation is 1. The van der Waals surface area contributed by atoms with Crippen LogP contribution in [0, 0.1) is 5.92 Å². The summed E-state index contributed by atoms with van der Waals surface area (Å²) in [6.07, 6.45) is 2.17. The molecule has 1 N–H and O–H groups in total. The van der Waals surface area contributed by atoms with Gasteiger partial charge in [0.25, 0.3) is 0 Å². The maximum Gasteiger partial charge on any atom is 0.121 e. The summed E-state index contributed by atoms with van der Waals surface area (Å²) in [6, 6.07) is 4.75. The van der Waals surface area contributed by atoms with E-state index in [0.717, 1.165) is 44.1 Å². The summed E-state index contributed by atoms with van der Waals surface area (Å²) in [5, 5.41) is 3.42. The van der Waals surface area contributed by atoms with E-state index in [0.29, 0.717) is 12.0 Å². The van der Waals surface area contributed by atoms with Gasteiger partial charge in [-0.25, -0.2) is 0 Å². The fourth-order valence-corrected chi connectivity index (χ4v) is 2.75. The minimum Gasteiger partial charge on any atom is -0.464 e. The quantitative estimate of drug-likeness (QED) is 0.896.